The Morgan fingerprint density at radius 1 is 1.12 bits per heavy atom. The van der Waals surface area contributed by atoms with E-state index in [-0.39, 0.29) is 5.91 Å². The van der Waals surface area contributed by atoms with E-state index in [0.29, 0.717) is 42.8 Å². The molecular weight excluding hydrogens is 330 g/mol. The number of hydrogen-bond donors (Lipinski definition) is 1. The lowest BCUT2D eigenvalue weighted by Gasteiger charge is -2.32. The van der Waals surface area contributed by atoms with Crippen LogP contribution < -0.4 is 5.32 Å². The van der Waals surface area contributed by atoms with Crippen molar-refractivity contribution in [2.24, 2.45) is 0 Å². The quantitative estimate of drug-likeness (QED) is 0.855. The molecule has 0 unspecified atom stereocenters. The number of halogens is 1. The Morgan fingerprint density at radius 3 is 2.50 bits per heavy atom. The van der Waals surface area contributed by atoms with Gasteiger partial charge in [-0.05, 0) is 30.3 Å². The van der Waals surface area contributed by atoms with Gasteiger partial charge in [0.2, 0.25) is 12.4 Å². The summed E-state index contributed by atoms with van der Waals surface area (Å²) in [6.45, 7) is 2.08. The Bertz CT molecular complexity index is 730. The molecule has 1 aromatic carbocycles. The fourth-order valence-corrected chi connectivity index (χ4v) is 2.52. The monoisotopic (exact) mass is 345 g/mol. The maximum absolute atomic E-state index is 12.5. The van der Waals surface area contributed by atoms with Crippen LogP contribution in [0.25, 0.3) is 0 Å². The second kappa shape index (κ2) is 7.27. The lowest BCUT2D eigenvalue weighted by Crippen LogP contribution is -2.48. The van der Waals surface area contributed by atoms with Crippen molar-refractivity contribution in [2.75, 3.05) is 31.5 Å². The van der Waals surface area contributed by atoms with E-state index in [0.717, 1.165) is 12.1 Å². The number of anilines is 2. The molecule has 7 nitrogen and oxygen atoms in total. The van der Waals surface area contributed by atoms with E-state index in [1.807, 2.05) is 0 Å². The molecule has 1 N–H and O–H groups in total. The van der Waals surface area contributed by atoms with Crippen LogP contribution in [0.2, 0.25) is 5.02 Å². The molecule has 1 saturated heterocycles. The van der Waals surface area contributed by atoms with E-state index >= 15 is 0 Å². The van der Waals surface area contributed by atoms with Gasteiger partial charge in [0.25, 0.3) is 5.91 Å². The van der Waals surface area contributed by atoms with Crippen LogP contribution >= 0.6 is 11.6 Å². The molecule has 124 valence electrons. The third-order valence-corrected chi connectivity index (χ3v) is 3.98. The molecule has 0 bridgehead atoms. The minimum Gasteiger partial charge on any atom is -0.342 e. The predicted octanol–water partition coefficient (Wildman–Crippen LogP) is 1.79. The molecule has 0 aliphatic carbocycles. The maximum atomic E-state index is 12.5. The number of nitrogens with zero attached hydrogens (tertiary/aromatic N) is 4. The number of carbonyl (C=O) groups is 2. The summed E-state index contributed by atoms with van der Waals surface area (Å²) in [4.78, 5) is 35.0. The fourth-order valence-electron chi connectivity index (χ4n) is 2.39. The van der Waals surface area contributed by atoms with Gasteiger partial charge in [-0.2, -0.15) is 0 Å². The summed E-state index contributed by atoms with van der Waals surface area (Å²) in [6, 6.07) is 8.70. The highest BCUT2D eigenvalue weighted by Gasteiger charge is 2.22. The number of rotatable bonds is 4. The molecule has 2 aromatic rings. The minimum absolute atomic E-state index is 0.165. The van der Waals surface area contributed by atoms with Gasteiger partial charge in [0.05, 0.1) is 0 Å². The van der Waals surface area contributed by atoms with Gasteiger partial charge >= 0.3 is 0 Å². The van der Waals surface area contributed by atoms with Gasteiger partial charge in [-0.25, -0.2) is 9.97 Å². The number of hydrogen-bond acceptors (Lipinski definition) is 5. The minimum atomic E-state index is -0.165. The molecule has 1 aliphatic heterocycles. The van der Waals surface area contributed by atoms with Gasteiger partial charge in [0, 0.05) is 43.1 Å². The van der Waals surface area contributed by atoms with Crippen molar-refractivity contribution in [1.29, 1.82) is 0 Å². The number of amides is 2. The summed E-state index contributed by atoms with van der Waals surface area (Å²) in [7, 11) is 0. The first-order valence-corrected chi connectivity index (χ1v) is 7.88. The SMILES string of the molecule is O=CN1CCN(C(=O)c2ccnc(Nc3ccc(Cl)cc3)n2)CC1. The number of aromatic nitrogens is 2. The van der Waals surface area contributed by atoms with Crippen molar-refractivity contribution < 1.29 is 9.59 Å². The van der Waals surface area contributed by atoms with Crippen LogP contribution in [0, 0.1) is 0 Å². The number of carbonyl (C=O) groups excluding carboxylic acids is 2. The number of benzene rings is 1. The van der Waals surface area contributed by atoms with E-state index in [2.05, 4.69) is 15.3 Å². The second-order valence-electron chi connectivity index (χ2n) is 5.33. The van der Waals surface area contributed by atoms with Crippen LogP contribution in [0.4, 0.5) is 11.6 Å². The Labute approximate surface area is 144 Å². The molecule has 0 radical (unpaired) electrons. The van der Waals surface area contributed by atoms with Crippen molar-refractivity contribution in [3.05, 3.63) is 47.2 Å². The zero-order chi connectivity index (χ0) is 16.9. The van der Waals surface area contributed by atoms with Crippen LogP contribution in [-0.2, 0) is 4.79 Å². The van der Waals surface area contributed by atoms with Gasteiger partial charge in [0.1, 0.15) is 5.69 Å². The standard InChI is InChI=1S/C16H16ClN5O2/c17-12-1-3-13(4-2-12)19-16-18-6-5-14(20-16)15(24)22-9-7-21(11-23)8-10-22/h1-6,11H,7-10H2,(H,18,19,20). The predicted molar refractivity (Wildman–Crippen MR) is 90.3 cm³/mol. The van der Waals surface area contributed by atoms with Gasteiger partial charge in [-0.3, -0.25) is 9.59 Å². The average Bonchev–Trinajstić information content (AvgIpc) is 2.63. The molecule has 24 heavy (non-hydrogen) atoms. The van der Waals surface area contributed by atoms with Crippen molar-refractivity contribution in [3.63, 3.8) is 0 Å². The van der Waals surface area contributed by atoms with Crippen LogP contribution in [0.3, 0.4) is 0 Å². The molecule has 1 aromatic heterocycles. The zero-order valence-corrected chi connectivity index (χ0v) is 13.6. The second-order valence-corrected chi connectivity index (χ2v) is 5.77. The highest BCUT2D eigenvalue weighted by Crippen LogP contribution is 2.17. The first-order valence-electron chi connectivity index (χ1n) is 7.50. The van der Waals surface area contributed by atoms with Crippen molar-refractivity contribution in [2.45, 2.75) is 0 Å². The zero-order valence-electron chi connectivity index (χ0n) is 12.9. The fraction of sp³-hybridized carbons (Fsp3) is 0.250. The van der Waals surface area contributed by atoms with Crippen molar-refractivity contribution in [1.82, 2.24) is 19.8 Å². The van der Waals surface area contributed by atoms with E-state index in [1.165, 1.54) is 0 Å². The van der Waals surface area contributed by atoms with Crippen molar-refractivity contribution in [3.8, 4) is 0 Å². The molecule has 1 fully saturated rings. The lowest BCUT2D eigenvalue weighted by molar-refractivity contribution is -0.119. The topological polar surface area (TPSA) is 78.4 Å². The van der Waals surface area contributed by atoms with Gasteiger partial charge in [-0.1, -0.05) is 11.6 Å². The van der Waals surface area contributed by atoms with Crippen molar-refractivity contribution >= 4 is 35.6 Å². The van der Waals surface area contributed by atoms with Gasteiger partial charge in [0.15, 0.2) is 0 Å². The maximum Gasteiger partial charge on any atom is 0.272 e. The Balaban J connectivity index is 1.69. The van der Waals surface area contributed by atoms with Crippen LogP contribution in [-0.4, -0.2) is 58.3 Å². The van der Waals surface area contributed by atoms with Gasteiger partial charge in [-0.15, -0.1) is 0 Å². The molecular formula is C16H16ClN5O2. The molecule has 0 atom stereocenters. The summed E-state index contributed by atoms with van der Waals surface area (Å²) in [6.07, 6.45) is 2.35. The largest absolute Gasteiger partial charge is 0.342 e. The third kappa shape index (κ3) is 3.80. The summed E-state index contributed by atoms with van der Waals surface area (Å²) < 4.78 is 0. The summed E-state index contributed by atoms with van der Waals surface area (Å²) >= 11 is 5.85. The molecule has 2 heterocycles. The molecule has 8 heteroatoms. The number of nitrogens with one attached hydrogen (secondary N) is 1. The van der Waals surface area contributed by atoms with Crippen LogP contribution in [0.15, 0.2) is 36.5 Å². The third-order valence-electron chi connectivity index (χ3n) is 3.73. The average molecular weight is 346 g/mol. The van der Waals surface area contributed by atoms with E-state index in [9.17, 15) is 9.59 Å². The normalized spacial score (nSPS) is 14.4. The van der Waals surface area contributed by atoms with Crippen LogP contribution in [0.1, 0.15) is 10.5 Å². The highest BCUT2D eigenvalue weighted by atomic mass is 35.5. The summed E-state index contributed by atoms with van der Waals surface area (Å²) in [5.74, 6) is 0.178. The Kier molecular flexibility index (Phi) is 4.90. The molecule has 2 amide bonds. The Hall–Kier alpha value is -2.67. The first-order chi connectivity index (χ1) is 11.7. The molecule has 3 rings (SSSR count). The van der Waals surface area contributed by atoms with Crippen LogP contribution in [0.5, 0.6) is 0 Å². The molecule has 1 aliphatic rings. The van der Waals surface area contributed by atoms with E-state index in [4.69, 9.17) is 11.6 Å². The van der Waals surface area contributed by atoms with Gasteiger partial charge < -0.3 is 15.1 Å². The summed E-state index contributed by atoms with van der Waals surface area (Å²) in [5.41, 5.74) is 1.10. The molecule has 0 saturated carbocycles. The van der Waals surface area contributed by atoms with E-state index in [1.54, 1.807) is 46.3 Å². The first kappa shape index (κ1) is 16.2. The summed E-state index contributed by atoms with van der Waals surface area (Å²) in [5, 5.41) is 3.68. The highest BCUT2D eigenvalue weighted by molar-refractivity contribution is 6.30. The van der Waals surface area contributed by atoms with E-state index < -0.39 is 0 Å². The Morgan fingerprint density at radius 2 is 1.83 bits per heavy atom. The number of piperazine rings is 1. The lowest BCUT2D eigenvalue weighted by atomic mass is 10.3. The molecule has 0 spiro atoms. The smallest absolute Gasteiger partial charge is 0.272 e.